The fraction of sp³-hybridized carbons (Fsp3) is 0.778. The summed E-state index contributed by atoms with van der Waals surface area (Å²) in [5.74, 6) is 0. The van der Waals surface area contributed by atoms with Gasteiger partial charge in [0.25, 0.3) is 0 Å². The fourth-order valence-corrected chi connectivity index (χ4v) is 1.46. The molecule has 0 amide bonds. The largest absolute Gasteiger partial charge is 0.288 e. The van der Waals surface area contributed by atoms with E-state index in [0.29, 0.717) is 13.1 Å². The molecule has 1 aliphatic rings. The van der Waals surface area contributed by atoms with Gasteiger partial charge in [-0.2, -0.15) is 10.5 Å². The highest BCUT2D eigenvalue weighted by molar-refractivity contribution is 5.05. The number of piperidine rings is 1. The summed E-state index contributed by atoms with van der Waals surface area (Å²) in [6.45, 7) is 2.79. The molecule has 0 aromatic heterocycles. The van der Waals surface area contributed by atoms with Crippen molar-refractivity contribution in [2.24, 2.45) is 0 Å². The van der Waals surface area contributed by atoms with Gasteiger partial charge in [0.2, 0.25) is 0 Å². The zero-order chi connectivity index (χ0) is 9.90. The molecule has 4 heteroatoms. The van der Waals surface area contributed by atoms with Gasteiger partial charge in [0, 0.05) is 25.9 Å². The highest BCUT2D eigenvalue weighted by atomic mass is 19.1. The Kier molecular flexibility index (Phi) is 2.85. The van der Waals surface area contributed by atoms with Crippen molar-refractivity contribution in [1.29, 1.82) is 10.5 Å². The first-order chi connectivity index (χ1) is 6.11. The lowest BCUT2D eigenvalue weighted by atomic mass is 9.94. The molecule has 1 fully saturated rings. The van der Waals surface area contributed by atoms with Crippen LogP contribution in [0.15, 0.2) is 0 Å². The normalized spacial score (nSPS) is 24.3. The zero-order valence-corrected chi connectivity index (χ0v) is 7.63. The number of halogens is 1. The molecule has 70 valence electrons. The summed E-state index contributed by atoms with van der Waals surface area (Å²) < 4.78 is 13.4. The first-order valence-electron chi connectivity index (χ1n) is 4.35. The van der Waals surface area contributed by atoms with Crippen LogP contribution in [0.25, 0.3) is 0 Å². The minimum absolute atomic E-state index is 0.178. The Morgan fingerprint density at radius 2 is 1.92 bits per heavy atom. The Labute approximate surface area is 77.4 Å². The Morgan fingerprint density at radius 1 is 1.38 bits per heavy atom. The van der Waals surface area contributed by atoms with Gasteiger partial charge in [-0.1, -0.05) is 0 Å². The summed E-state index contributed by atoms with van der Waals surface area (Å²) in [5, 5.41) is 17.1. The molecule has 13 heavy (non-hydrogen) atoms. The standard InChI is InChI=1S/C9H12FN3/c1-8(6-11)13-4-2-9(10,7-12)3-5-13/h8H,2-5H2,1H3. The lowest BCUT2D eigenvalue weighted by Crippen LogP contribution is -2.44. The third kappa shape index (κ3) is 2.17. The number of nitrogens with zero attached hydrogens (tertiary/aromatic N) is 3. The van der Waals surface area contributed by atoms with Crippen LogP contribution >= 0.6 is 0 Å². The fourth-order valence-electron chi connectivity index (χ4n) is 1.46. The first-order valence-corrected chi connectivity index (χ1v) is 4.35. The lowest BCUT2D eigenvalue weighted by molar-refractivity contribution is 0.0926. The molecular formula is C9H12FN3. The van der Waals surface area contributed by atoms with Crippen molar-refractivity contribution in [3.63, 3.8) is 0 Å². The Hall–Kier alpha value is -1.13. The zero-order valence-electron chi connectivity index (χ0n) is 7.63. The smallest absolute Gasteiger partial charge is 0.198 e. The topological polar surface area (TPSA) is 50.8 Å². The van der Waals surface area contributed by atoms with E-state index in [1.807, 2.05) is 4.90 Å². The highest BCUT2D eigenvalue weighted by Crippen LogP contribution is 2.26. The van der Waals surface area contributed by atoms with Gasteiger partial charge in [-0.3, -0.25) is 4.90 Å². The maximum Gasteiger partial charge on any atom is 0.198 e. The van der Waals surface area contributed by atoms with Gasteiger partial charge in [0.15, 0.2) is 5.67 Å². The van der Waals surface area contributed by atoms with Gasteiger partial charge in [0.1, 0.15) is 6.07 Å². The summed E-state index contributed by atoms with van der Waals surface area (Å²) in [6.07, 6.45) is 0.436. The summed E-state index contributed by atoms with van der Waals surface area (Å²) in [7, 11) is 0. The molecule has 0 aromatic carbocycles. The number of hydrogen-bond acceptors (Lipinski definition) is 3. The molecule has 0 aliphatic carbocycles. The Bertz CT molecular complexity index is 255. The lowest BCUT2D eigenvalue weighted by Gasteiger charge is -2.33. The molecule has 3 nitrogen and oxygen atoms in total. The van der Waals surface area contributed by atoms with Crippen LogP contribution in [0.2, 0.25) is 0 Å². The molecule has 0 saturated carbocycles. The predicted molar refractivity (Wildman–Crippen MR) is 45.3 cm³/mol. The molecule has 1 aliphatic heterocycles. The minimum atomic E-state index is -1.66. The van der Waals surface area contributed by atoms with Crippen molar-refractivity contribution in [1.82, 2.24) is 4.90 Å². The molecule has 0 bridgehead atoms. The second-order valence-electron chi connectivity index (χ2n) is 3.42. The van der Waals surface area contributed by atoms with E-state index < -0.39 is 5.67 Å². The van der Waals surface area contributed by atoms with Crippen LogP contribution in [0.4, 0.5) is 4.39 Å². The average molecular weight is 181 g/mol. The van der Waals surface area contributed by atoms with Gasteiger partial charge in [-0.05, 0) is 6.92 Å². The summed E-state index contributed by atoms with van der Waals surface area (Å²) in [4.78, 5) is 1.90. The SMILES string of the molecule is CC(C#N)N1CCC(F)(C#N)CC1. The summed E-state index contributed by atoms with van der Waals surface area (Å²) in [5.41, 5.74) is -1.66. The molecule has 0 N–H and O–H groups in total. The number of likely N-dealkylation sites (tertiary alicyclic amines) is 1. The maximum absolute atomic E-state index is 13.4. The van der Waals surface area contributed by atoms with Crippen LogP contribution in [-0.2, 0) is 0 Å². The predicted octanol–water partition coefficient (Wildman–Crippen LogP) is 1.23. The van der Waals surface area contributed by atoms with Crippen molar-refractivity contribution in [3.05, 3.63) is 0 Å². The van der Waals surface area contributed by atoms with Crippen molar-refractivity contribution in [3.8, 4) is 12.1 Å². The maximum atomic E-state index is 13.4. The first kappa shape index (κ1) is 9.95. The van der Waals surface area contributed by atoms with E-state index in [1.54, 1.807) is 13.0 Å². The third-order valence-electron chi connectivity index (χ3n) is 2.53. The van der Waals surface area contributed by atoms with Gasteiger partial charge in [-0.25, -0.2) is 4.39 Å². The molecule has 0 aromatic rings. The Morgan fingerprint density at radius 3 is 2.31 bits per heavy atom. The van der Waals surface area contributed by atoms with Crippen LogP contribution in [-0.4, -0.2) is 29.7 Å². The second-order valence-corrected chi connectivity index (χ2v) is 3.42. The number of rotatable bonds is 1. The number of hydrogen-bond donors (Lipinski definition) is 0. The van der Waals surface area contributed by atoms with E-state index in [-0.39, 0.29) is 18.9 Å². The molecule has 1 atom stereocenters. The van der Waals surface area contributed by atoms with Crippen LogP contribution < -0.4 is 0 Å². The van der Waals surface area contributed by atoms with E-state index in [4.69, 9.17) is 10.5 Å². The van der Waals surface area contributed by atoms with E-state index in [9.17, 15) is 4.39 Å². The molecule has 0 radical (unpaired) electrons. The van der Waals surface area contributed by atoms with Crippen molar-refractivity contribution >= 4 is 0 Å². The van der Waals surface area contributed by atoms with Gasteiger partial charge >= 0.3 is 0 Å². The van der Waals surface area contributed by atoms with Gasteiger partial charge in [0.05, 0.1) is 12.1 Å². The Balaban J connectivity index is 2.50. The second kappa shape index (κ2) is 3.72. The monoisotopic (exact) mass is 181 g/mol. The van der Waals surface area contributed by atoms with Crippen LogP contribution in [0.3, 0.4) is 0 Å². The van der Waals surface area contributed by atoms with Crippen molar-refractivity contribution in [2.45, 2.75) is 31.5 Å². The van der Waals surface area contributed by atoms with E-state index >= 15 is 0 Å². The molecule has 1 rings (SSSR count). The molecule has 1 unspecified atom stereocenters. The molecule has 1 saturated heterocycles. The summed E-state index contributed by atoms with van der Waals surface area (Å²) >= 11 is 0. The van der Waals surface area contributed by atoms with E-state index in [2.05, 4.69) is 6.07 Å². The average Bonchev–Trinajstić information content (AvgIpc) is 2.18. The van der Waals surface area contributed by atoms with Crippen LogP contribution in [0, 0.1) is 22.7 Å². The van der Waals surface area contributed by atoms with Gasteiger partial charge < -0.3 is 0 Å². The van der Waals surface area contributed by atoms with Crippen molar-refractivity contribution in [2.75, 3.05) is 13.1 Å². The molecule has 1 heterocycles. The van der Waals surface area contributed by atoms with Crippen LogP contribution in [0.1, 0.15) is 19.8 Å². The number of nitriles is 2. The van der Waals surface area contributed by atoms with Crippen molar-refractivity contribution < 1.29 is 4.39 Å². The highest BCUT2D eigenvalue weighted by Gasteiger charge is 2.35. The van der Waals surface area contributed by atoms with Crippen LogP contribution in [0.5, 0.6) is 0 Å². The summed E-state index contributed by atoms with van der Waals surface area (Å²) in [6, 6.07) is 3.60. The van der Waals surface area contributed by atoms with Gasteiger partial charge in [-0.15, -0.1) is 0 Å². The number of alkyl halides is 1. The van der Waals surface area contributed by atoms with E-state index in [1.165, 1.54) is 0 Å². The van der Waals surface area contributed by atoms with E-state index in [0.717, 1.165) is 0 Å². The third-order valence-corrected chi connectivity index (χ3v) is 2.53. The molecule has 0 spiro atoms. The minimum Gasteiger partial charge on any atom is -0.288 e. The quantitative estimate of drug-likeness (QED) is 0.611. The molecular weight excluding hydrogens is 169 g/mol.